The molecule has 0 bridgehead atoms. The molecule has 7 nitrogen and oxygen atoms in total. The second-order valence-corrected chi connectivity index (χ2v) is 8.19. The van der Waals surface area contributed by atoms with Gasteiger partial charge in [0, 0.05) is 11.8 Å². The molecule has 0 atom stereocenters. The lowest BCUT2D eigenvalue weighted by Crippen LogP contribution is -2.22. The normalized spacial score (nSPS) is 11.9. The molecular weight excluding hydrogens is 421 g/mol. The highest BCUT2D eigenvalue weighted by Crippen LogP contribution is 2.36. The Bertz CT molecular complexity index is 1200. The molecule has 170 valence electrons. The molecule has 0 unspecified atom stereocenters. The van der Waals surface area contributed by atoms with E-state index in [0.29, 0.717) is 39.8 Å². The predicted octanol–water partition coefficient (Wildman–Crippen LogP) is 5.26. The first-order valence-electron chi connectivity index (χ1n) is 10.3. The van der Waals surface area contributed by atoms with Crippen molar-refractivity contribution in [1.82, 2.24) is 14.8 Å². The van der Waals surface area contributed by atoms with Gasteiger partial charge >= 0.3 is 0 Å². The van der Waals surface area contributed by atoms with Crippen LogP contribution in [0.5, 0.6) is 5.75 Å². The van der Waals surface area contributed by atoms with Gasteiger partial charge in [-0.25, -0.2) is 14.1 Å². The van der Waals surface area contributed by atoms with Gasteiger partial charge in [0.15, 0.2) is 12.1 Å². The standard InChI is InChI=1S/C25H26FN5O2/c1-5-6-7-12-28-24-20(15-32)23(30-31(24)25(2,3)4)17-8-11-21(27)22(13-17)33-16-19-10-9-18(26)14-29-19/h5-15H,1,16,27H2,2-4H3/b7-6-,28-12-. The molecule has 2 N–H and O–H groups in total. The van der Waals surface area contributed by atoms with E-state index in [2.05, 4.69) is 16.6 Å². The molecule has 3 aromatic rings. The van der Waals surface area contributed by atoms with Crippen LogP contribution in [0.1, 0.15) is 36.8 Å². The molecule has 0 aliphatic heterocycles. The van der Waals surface area contributed by atoms with Crippen molar-refractivity contribution >= 4 is 24.0 Å². The van der Waals surface area contributed by atoms with Crippen molar-refractivity contribution in [2.75, 3.05) is 5.73 Å². The number of pyridine rings is 1. The van der Waals surface area contributed by atoms with Gasteiger partial charge in [-0.3, -0.25) is 9.78 Å². The number of hydrogen-bond donors (Lipinski definition) is 1. The fourth-order valence-corrected chi connectivity index (χ4v) is 3.03. The molecule has 33 heavy (non-hydrogen) atoms. The highest BCUT2D eigenvalue weighted by molar-refractivity contribution is 5.93. The lowest BCUT2D eigenvalue weighted by atomic mass is 10.1. The Labute approximate surface area is 192 Å². The number of aliphatic imine (C=N–C) groups is 1. The summed E-state index contributed by atoms with van der Waals surface area (Å²) in [5.74, 6) is 0.422. The van der Waals surface area contributed by atoms with E-state index in [0.717, 1.165) is 12.5 Å². The molecule has 0 fully saturated rings. The minimum atomic E-state index is -0.424. The molecule has 0 saturated heterocycles. The summed E-state index contributed by atoms with van der Waals surface area (Å²) in [6.45, 7) is 9.66. The molecule has 0 radical (unpaired) electrons. The number of carbonyl (C=O) groups excluding carboxylic acids is 1. The Morgan fingerprint density at radius 2 is 2.03 bits per heavy atom. The number of hydrogen-bond acceptors (Lipinski definition) is 6. The second kappa shape index (κ2) is 10.0. The molecule has 3 rings (SSSR count). The van der Waals surface area contributed by atoms with Gasteiger partial charge in [0.1, 0.15) is 23.9 Å². The topological polar surface area (TPSA) is 95.4 Å². The largest absolute Gasteiger partial charge is 0.485 e. The fourth-order valence-electron chi connectivity index (χ4n) is 3.03. The summed E-state index contributed by atoms with van der Waals surface area (Å²) in [4.78, 5) is 20.5. The maximum absolute atomic E-state index is 13.1. The van der Waals surface area contributed by atoms with Crippen LogP contribution in [0.2, 0.25) is 0 Å². The van der Waals surface area contributed by atoms with Crippen LogP contribution in [0.15, 0.2) is 66.3 Å². The van der Waals surface area contributed by atoms with Gasteiger partial charge in [-0.15, -0.1) is 0 Å². The Morgan fingerprint density at radius 3 is 2.67 bits per heavy atom. The van der Waals surface area contributed by atoms with E-state index >= 15 is 0 Å². The molecule has 1 aromatic carbocycles. The van der Waals surface area contributed by atoms with Crippen LogP contribution in [-0.2, 0) is 12.1 Å². The SMILES string of the molecule is C=C/C=C\C=N/c1c(C=O)c(-c2ccc(N)c(OCc3ccc(F)cn3)c2)nn1C(C)(C)C. The van der Waals surface area contributed by atoms with Gasteiger partial charge in [-0.1, -0.05) is 24.8 Å². The third kappa shape index (κ3) is 5.60. The van der Waals surface area contributed by atoms with Crippen molar-refractivity contribution in [2.24, 2.45) is 4.99 Å². The van der Waals surface area contributed by atoms with Crippen molar-refractivity contribution in [1.29, 1.82) is 0 Å². The number of rotatable bonds is 8. The zero-order valence-corrected chi connectivity index (χ0v) is 18.8. The van der Waals surface area contributed by atoms with Gasteiger partial charge in [0.25, 0.3) is 0 Å². The van der Waals surface area contributed by atoms with Crippen LogP contribution in [0.25, 0.3) is 11.3 Å². The summed E-state index contributed by atoms with van der Waals surface area (Å²) in [5, 5.41) is 4.70. The molecule has 8 heteroatoms. The van der Waals surface area contributed by atoms with Crippen LogP contribution in [0, 0.1) is 5.82 Å². The smallest absolute Gasteiger partial charge is 0.162 e. The number of benzene rings is 1. The molecular formula is C25H26FN5O2. The molecule has 0 saturated carbocycles. The Balaban J connectivity index is 2.02. The highest BCUT2D eigenvalue weighted by Gasteiger charge is 2.25. The Hall–Kier alpha value is -4.07. The van der Waals surface area contributed by atoms with Crippen LogP contribution in [0.3, 0.4) is 0 Å². The van der Waals surface area contributed by atoms with Gasteiger partial charge in [0.05, 0.1) is 28.7 Å². The summed E-state index contributed by atoms with van der Waals surface area (Å²) in [7, 11) is 0. The lowest BCUT2D eigenvalue weighted by Gasteiger charge is -2.20. The summed E-state index contributed by atoms with van der Waals surface area (Å²) >= 11 is 0. The van der Waals surface area contributed by atoms with Crippen LogP contribution in [-0.4, -0.2) is 27.3 Å². The number of carbonyl (C=O) groups is 1. The molecule has 2 aromatic heterocycles. The van der Waals surface area contributed by atoms with Crippen LogP contribution in [0.4, 0.5) is 15.9 Å². The summed E-state index contributed by atoms with van der Waals surface area (Å²) in [6.07, 6.45) is 8.55. The van der Waals surface area contributed by atoms with Crippen molar-refractivity contribution in [3.63, 3.8) is 0 Å². The van der Waals surface area contributed by atoms with E-state index in [-0.39, 0.29) is 6.61 Å². The van der Waals surface area contributed by atoms with E-state index in [1.165, 1.54) is 12.1 Å². The Morgan fingerprint density at radius 1 is 1.24 bits per heavy atom. The average Bonchev–Trinajstić information content (AvgIpc) is 3.16. The van der Waals surface area contributed by atoms with E-state index in [4.69, 9.17) is 15.6 Å². The van der Waals surface area contributed by atoms with E-state index < -0.39 is 11.4 Å². The highest BCUT2D eigenvalue weighted by atomic mass is 19.1. The van der Waals surface area contributed by atoms with Gasteiger partial charge in [0.2, 0.25) is 0 Å². The van der Waals surface area contributed by atoms with Crippen molar-refractivity contribution in [3.8, 4) is 17.0 Å². The number of nitrogens with zero attached hydrogens (tertiary/aromatic N) is 4. The van der Waals surface area contributed by atoms with Crippen molar-refractivity contribution in [3.05, 3.63) is 78.4 Å². The molecule has 0 amide bonds. The third-order valence-electron chi connectivity index (χ3n) is 4.63. The number of allylic oxidation sites excluding steroid dienone is 3. The molecule has 0 spiro atoms. The number of halogens is 1. The first kappa shape index (κ1) is 23.6. The maximum atomic E-state index is 13.1. The number of anilines is 1. The van der Waals surface area contributed by atoms with E-state index in [1.807, 2.05) is 20.8 Å². The average molecular weight is 448 g/mol. The minimum absolute atomic E-state index is 0.107. The monoisotopic (exact) mass is 447 g/mol. The second-order valence-electron chi connectivity index (χ2n) is 8.19. The van der Waals surface area contributed by atoms with Crippen LogP contribution < -0.4 is 10.5 Å². The zero-order chi connectivity index (χ0) is 24.0. The van der Waals surface area contributed by atoms with Crippen molar-refractivity contribution in [2.45, 2.75) is 32.9 Å². The summed E-state index contributed by atoms with van der Waals surface area (Å²) in [5.41, 5.74) is 8.09. The number of nitrogen functional groups attached to an aromatic ring is 1. The van der Waals surface area contributed by atoms with Gasteiger partial charge in [-0.2, -0.15) is 5.10 Å². The Kier molecular flexibility index (Phi) is 7.17. The van der Waals surface area contributed by atoms with Gasteiger partial charge < -0.3 is 10.5 Å². The fraction of sp³-hybridized carbons (Fsp3) is 0.200. The minimum Gasteiger partial charge on any atom is -0.485 e. The third-order valence-corrected chi connectivity index (χ3v) is 4.63. The number of ether oxygens (including phenoxy) is 1. The van der Waals surface area contributed by atoms with Crippen molar-refractivity contribution < 1.29 is 13.9 Å². The molecule has 2 heterocycles. The molecule has 0 aliphatic rings. The van der Waals surface area contributed by atoms with E-state index in [9.17, 15) is 9.18 Å². The summed E-state index contributed by atoms with van der Waals surface area (Å²) in [6, 6.07) is 8.02. The zero-order valence-electron chi connectivity index (χ0n) is 18.8. The predicted molar refractivity (Wildman–Crippen MR) is 128 cm³/mol. The number of aromatic nitrogens is 3. The van der Waals surface area contributed by atoms with E-state index in [1.54, 1.807) is 47.3 Å². The van der Waals surface area contributed by atoms with Gasteiger partial charge in [-0.05, 0) is 51.1 Å². The van der Waals surface area contributed by atoms with Crippen LogP contribution >= 0.6 is 0 Å². The first-order valence-corrected chi connectivity index (χ1v) is 10.3. The number of nitrogens with two attached hydrogens (primary N) is 1. The number of aldehydes is 1. The first-order chi connectivity index (χ1) is 15.7. The lowest BCUT2D eigenvalue weighted by molar-refractivity contribution is 0.112. The molecule has 0 aliphatic carbocycles. The quantitative estimate of drug-likeness (QED) is 0.220. The summed E-state index contributed by atoms with van der Waals surface area (Å²) < 4.78 is 20.6. The maximum Gasteiger partial charge on any atom is 0.162 e.